The van der Waals surface area contributed by atoms with Gasteiger partial charge in [0.1, 0.15) is 4.34 Å². The first-order valence-corrected chi connectivity index (χ1v) is 6.89. The highest BCUT2D eigenvalue weighted by Gasteiger charge is 2.13. The van der Waals surface area contributed by atoms with Gasteiger partial charge in [-0.2, -0.15) is 0 Å². The summed E-state index contributed by atoms with van der Waals surface area (Å²) in [6.07, 6.45) is 0.907. The summed E-state index contributed by atoms with van der Waals surface area (Å²) in [5.74, 6) is -0.209. The average molecular weight is 327 g/mol. The zero-order valence-corrected chi connectivity index (χ0v) is 12.0. The van der Waals surface area contributed by atoms with Crippen LogP contribution in [0.1, 0.15) is 30.7 Å². The molecule has 0 aliphatic rings. The summed E-state index contributed by atoms with van der Waals surface area (Å²) in [7, 11) is 0. The molecule has 0 aliphatic heterocycles. The Morgan fingerprint density at radius 1 is 1.75 bits per heavy atom. The van der Waals surface area contributed by atoms with Crippen molar-refractivity contribution in [2.75, 3.05) is 6.61 Å². The maximum atomic E-state index is 11.1. The van der Waals surface area contributed by atoms with Crippen LogP contribution in [0.3, 0.4) is 0 Å². The number of rotatable bonds is 5. The van der Waals surface area contributed by atoms with Crippen LogP contribution < -0.4 is 5.73 Å². The van der Waals surface area contributed by atoms with Crippen molar-refractivity contribution in [3.8, 4) is 0 Å². The molecular formula is C10H13BrClNO2S. The van der Waals surface area contributed by atoms with E-state index >= 15 is 0 Å². The minimum absolute atomic E-state index is 0.168. The summed E-state index contributed by atoms with van der Waals surface area (Å²) >= 11 is 10.7. The quantitative estimate of drug-likeness (QED) is 0.842. The number of halogens is 2. The predicted molar refractivity (Wildman–Crippen MR) is 69.8 cm³/mol. The predicted octanol–water partition coefficient (Wildman–Crippen LogP) is 3.51. The van der Waals surface area contributed by atoms with Gasteiger partial charge in [0.05, 0.1) is 6.61 Å². The topological polar surface area (TPSA) is 52.3 Å². The van der Waals surface area contributed by atoms with Crippen LogP contribution in [0, 0.1) is 0 Å². The number of hydrogen-bond donors (Lipinski definition) is 1. The highest BCUT2D eigenvalue weighted by atomic mass is 79.9. The molecule has 0 amide bonds. The van der Waals surface area contributed by atoms with Crippen LogP contribution in [0.25, 0.3) is 0 Å². The van der Waals surface area contributed by atoms with Gasteiger partial charge in [0.15, 0.2) is 0 Å². The first-order chi connectivity index (χ1) is 7.54. The van der Waals surface area contributed by atoms with Gasteiger partial charge in [0.2, 0.25) is 0 Å². The Morgan fingerprint density at radius 2 is 2.44 bits per heavy atom. The lowest BCUT2D eigenvalue weighted by atomic mass is 10.1. The Hall–Kier alpha value is -0.100. The highest BCUT2D eigenvalue weighted by Crippen LogP contribution is 2.35. The fraction of sp³-hybridized carbons (Fsp3) is 0.500. The molecule has 2 N–H and O–H groups in total. The van der Waals surface area contributed by atoms with Crippen LogP contribution in [0.4, 0.5) is 0 Å². The van der Waals surface area contributed by atoms with Gasteiger partial charge in [-0.15, -0.1) is 11.3 Å². The first-order valence-electron chi connectivity index (χ1n) is 4.90. The number of esters is 1. The molecule has 16 heavy (non-hydrogen) atoms. The van der Waals surface area contributed by atoms with E-state index in [1.807, 2.05) is 6.07 Å². The van der Waals surface area contributed by atoms with Gasteiger partial charge >= 0.3 is 5.97 Å². The third kappa shape index (κ3) is 4.05. The molecule has 1 rings (SSSR count). The summed E-state index contributed by atoms with van der Waals surface area (Å²) in [6, 6.07) is 1.72. The summed E-state index contributed by atoms with van der Waals surface area (Å²) in [6.45, 7) is 2.19. The molecule has 0 fully saturated rings. The van der Waals surface area contributed by atoms with Crippen molar-refractivity contribution in [2.24, 2.45) is 5.73 Å². The van der Waals surface area contributed by atoms with Gasteiger partial charge in [-0.05, 0) is 35.3 Å². The highest BCUT2D eigenvalue weighted by molar-refractivity contribution is 9.10. The van der Waals surface area contributed by atoms with E-state index in [9.17, 15) is 4.79 Å². The van der Waals surface area contributed by atoms with Gasteiger partial charge in [0, 0.05) is 21.8 Å². The molecule has 1 heterocycles. The third-order valence-corrected chi connectivity index (χ3v) is 4.60. The van der Waals surface area contributed by atoms with Crippen molar-refractivity contribution in [1.82, 2.24) is 0 Å². The molecule has 0 saturated heterocycles. The van der Waals surface area contributed by atoms with Gasteiger partial charge in [-0.25, -0.2) is 0 Å². The van der Waals surface area contributed by atoms with Crippen LogP contribution >= 0.6 is 38.9 Å². The summed E-state index contributed by atoms with van der Waals surface area (Å²) in [4.78, 5) is 12.1. The Labute approximate surface area is 112 Å². The number of thiophene rings is 1. The molecule has 1 aromatic rings. The Morgan fingerprint density at radius 3 is 2.94 bits per heavy atom. The Balaban J connectivity index is 2.46. The van der Waals surface area contributed by atoms with Crippen molar-refractivity contribution in [3.63, 3.8) is 0 Å². The first kappa shape index (κ1) is 14.0. The zero-order valence-electron chi connectivity index (χ0n) is 8.83. The maximum absolute atomic E-state index is 11.1. The van der Waals surface area contributed by atoms with Crippen LogP contribution in [0.5, 0.6) is 0 Å². The summed E-state index contributed by atoms with van der Waals surface area (Å²) in [5.41, 5.74) is 5.94. The summed E-state index contributed by atoms with van der Waals surface area (Å²) < 4.78 is 6.36. The van der Waals surface area contributed by atoms with E-state index in [2.05, 4.69) is 15.9 Å². The van der Waals surface area contributed by atoms with E-state index in [0.717, 1.165) is 9.35 Å². The molecule has 1 unspecified atom stereocenters. The molecular weight excluding hydrogens is 314 g/mol. The fourth-order valence-corrected chi connectivity index (χ4v) is 2.97. The van der Waals surface area contributed by atoms with E-state index in [1.54, 1.807) is 6.92 Å². The van der Waals surface area contributed by atoms with Crippen molar-refractivity contribution >= 4 is 44.8 Å². The smallest absolute Gasteiger partial charge is 0.305 e. The maximum Gasteiger partial charge on any atom is 0.305 e. The Kier molecular flexibility index (Phi) is 5.75. The molecule has 0 bridgehead atoms. The van der Waals surface area contributed by atoms with Crippen molar-refractivity contribution in [1.29, 1.82) is 0 Å². The SMILES string of the molecule is CCOC(=O)CCC(N)c1cc(Br)c(Cl)s1. The van der Waals surface area contributed by atoms with E-state index in [1.165, 1.54) is 11.3 Å². The average Bonchev–Trinajstić information content (AvgIpc) is 2.56. The standard InChI is InChI=1S/C10H13BrClNO2S/c1-2-15-9(14)4-3-7(13)8-5-6(11)10(12)16-8/h5,7H,2-4,13H2,1H3. The van der Waals surface area contributed by atoms with Gasteiger partial charge in [0.25, 0.3) is 0 Å². The minimum Gasteiger partial charge on any atom is -0.466 e. The fourth-order valence-electron chi connectivity index (χ4n) is 1.19. The number of carbonyl (C=O) groups excluding carboxylic acids is 1. The number of nitrogens with two attached hydrogens (primary N) is 1. The number of ether oxygens (including phenoxy) is 1. The number of hydrogen-bond acceptors (Lipinski definition) is 4. The largest absolute Gasteiger partial charge is 0.466 e. The number of carbonyl (C=O) groups is 1. The van der Waals surface area contributed by atoms with E-state index < -0.39 is 0 Å². The van der Waals surface area contributed by atoms with Crippen molar-refractivity contribution < 1.29 is 9.53 Å². The van der Waals surface area contributed by atoms with Crippen LogP contribution in [0.2, 0.25) is 4.34 Å². The molecule has 1 atom stereocenters. The van der Waals surface area contributed by atoms with Crippen molar-refractivity contribution in [3.05, 3.63) is 19.8 Å². The molecule has 0 saturated carbocycles. The van der Waals surface area contributed by atoms with Crippen molar-refractivity contribution in [2.45, 2.75) is 25.8 Å². The molecule has 0 aromatic carbocycles. The van der Waals surface area contributed by atoms with Gasteiger partial charge < -0.3 is 10.5 Å². The van der Waals surface area contributed by atoms with Crippen LogP contribution in [0.15, 0.2) is 10.5 Å². The molecule has 90 valence electrons. The minimum atomic E-state index is -0.209. The molecule has 0 aliphatic carbocycles. The van der Waals surface area contributed by atoms with E-state index in [0.29, 0.717) is 23.8 Å². The zero-order chi connectivity index (χ0) is 12.1. The van der Waals surface area contributed by atoms with E-state index in [-0.39, 0.29) is 12.0 Å². The van der Waals surface area contributed by atoms with Crippen LogP contribution in [-0.4, -0.2) is 12.6 Å². The molecule has 6 heteroatoms. The van der Waals surface area contributed by atoms with Gasteiger partial charge in [-0.3, -0.25) is 4.79 Å². The van der Waals surface area contributed by atoms with Crippen LogP contribution in [-0.2, 0) is 9.53 Å². The lowest BCUT2D eigenvalue weighted by molar-refractivity contribution is -0.143. The molecule has 1 aromatic heterocycles. The second-order valence-corrected chi connectivity index (χ2v) is 5.76. The third-order valence-electron chi connectivity index (χ3n) is 1.99. The monoisotopic (exact) mass is 325 g/mol. The lowest BCUT2D eigenvalue weighted by Crippen LogP contribution is -2.12. The molecule has 0 spiro atoms. The van der Waals surface area contributed by atoms with Gasteiger partial charge in [-0.1, -0.05) is 11.6 Å². The Bertz CT molecular complexity index is 350. The second-order valence-electron chi connectivity index (χ2n) is 3.22. The summed E-state index contributed by atoms with van der Waals surface area (Å²) in [5, 5.41) is 0. The normalized spacial score (nSPS) is 12.5. The van der Waals surface area contributed by atoms with E-state index in [4.69, 9.17) is 22.1 Å². The lowest BCUT2D eigenvalue weighted by Gasteiger charge is -2.08. The molecule has 0 radical (unpaired) electrons. The molecule has 3 nitrogen and oxygen atoms in total. The second kappa shape index (κ2) is 6.59.